The van der Waals surface area contributed by atoms with Crippen LogP contribution in [-0.2, 0) is 10.2 Å². The second kappa shape index (κ2) is 7.74. The van der Waals surface area contributed by atoms with Crippen molar-refractivity contribution in [2.24, 2.45) is 0 Å². The number of rotatable bonds is 7. The van der Waals surface area contributed by atoms with E-state index in [1.165, 1.54) is 16.7 Å². The van der Waals surface area contributed by atoms with Gasteiger partial charge < -0.3 is 4.79 Å². The molecular formula is C23H22O. The fourth-order valence-electron chi connectivity index (χ4n) is 3.55. The molecule has 0 amide bonds. The van der Waals surface area contributed by atoms with E-state index < -0.39 is 0 Å². The maximum atomic E-state index is 10.9. The quantitative estimate of drug-likeness (QED) is 0.324. The van der Waals surface area contributed by atoms with Crippen molar-refractivity contribution in [1.29, 1.82) is 0 Å². The molecule has 3 aromatic carbocycles. The van der Waals surface area contributed by atoms with Gasteiger partial charge in [-0.25, -0.2) is 0 Å². The third kappa shape index (κ3) is 3.16. The fraction of sp³-hybridized carbons (Fsp3) is 0.174. The molecule has 3 aromatic rings. The molecule has 0 saturated carbocycles. The highest BCUT2D eigenvalue weighted by Crippen LogP contribution is 2.43. The standard InChI is InChI=1S/C23H22O/c24-19-11-10-18-23(20-12-4-1-5-13-20,21-14-6-2-7-15-21)22-16-8-3-9-17-22/h1-9,12-17,19H,10-11,18H2. The first-order chi connectivity index (χ1) is 11.9. The van der Waals surface area contributed by atoms with Crippen LogP contribution in [0.2, 0.25) is 0 Å². The van der Waals surface area contributed by atoms with Crippen LogP contribution in [0.15, 0.2) is 91.0 Å². The van der Waals surface area contributed by atoms with Crippen LogP contribution in [0, 0.1) is 0 Å². The topological polar surface area (TPSA) is 17.1 Å². The molecule has 0 spiro atoms. The van der Waals surface area contributed by atoms with E-state index in [0.29, 0.717) is 6.42 Å². The van der Waals surface area contributed by atoms with Gasteiger partial charge in [-0.2, -0.15) is 0 Å². The Balaban J connectivity index is 2.22. The highest BCUT2D eigenvalue weighted by Gasteiger charge is 2.35. The molecule has 120 valence electrons. The third-order valence-corrected chi connectivity index (χ3v) is 4.67. The largest absolute Gasteiger partial charge is 0.303 e. The zero-order chi connectivity index (χ0) is 16.7. The van der Waals surface area contributed by atoms with Crippen LogP contribution in [-0.4, -0.2) is 6.29 Å². The van der Waals surface area contributed by atoms with Crippen molar-refractivity contribution >= 4 is 6.29 Å². The number of hydrogen-bond donors (Lipinski definition) is 0. The lowest BCUT2D eigenvalue weighted by Gasteiger charge is -2.36. The van der Waals surface area contributed by atoms with Crippen molar-refractivity contribution in [1.82, 2.24) is 0 Å². The summed E-state index contributed by atoms with van der Waals surface area (Å²) in [5.74, 6) is 0. The SMILES string of the molecule is O=CCCCC(c1ccccc1)(c1ccccc1)c1ccccc1. The lowest BCUT2D eigenvalue weighted by atomic mass is 9.66. The number of hydrogen-bond acceptors (Lipinski definition) is 1. The van der Waals surface area contributed by atoms with Crippen molar-refractivity contribution in [2.75, 3.05) is 0 Å². The Kier molecular flexibility index (Phi) is 5.22. The van der Waals surface area contributed by atoms with E-state index in [0.717, 1.165) is 19.1 Å². The number of carbonyl (C=O) groups is 1. The first-order valence-electron chi connectivity index (χ1n) is 8.48. The molecule has 3 rings (SSSR count). The molecule has 1 heteroatoms. The fourth-order valence-corrected chi connectivity index (χ4v) is 3.55. The molecular weight excluding hydrogens is 292 g/mol. The molecule has 0 atom stereocenters. The summed E-state index contributed by atoms with van der Waals surface area (Å²) in [4.78, 5) is 10.9. The van der Waals surface area contributed by atoms with Crippen LogP contribution < -0.4 is 0 Å². The van der Waals surface area contributed by atoms with Gasteiger partial charge in [-0.15, -0.1) is 0 Å². The Morgan fingerprint density at radius 3 is 1.33 bits per heavy atom. The van der Waals surface area contributed by atoms with Crippen molar-refractivity contribution in [3.8, 4) is 0 Å². The van der Waals surface area contributed by atoms with Gasteiger partial charge in [0.2, 0.25) is 0 Å². The van der Waals surface area contributed by atoms with E-state index in [9.17, 15) is 4.79 Å². The molecule has 0 radical (unpaired) electrons. The Morgan fingerprint density at radius 1 is 0.625 bits per heavy atom. The van der Waals surface area contributed by atoms with Crippen LogP contribution in [0.4, 0.5) is 0 Å². The highest BCUT2D eigenvalue weighted by molar-refractivity contribution is 5.52. The second-order valence-corrected chi connectivity index (χ2v) is 6.06. The first-order valence-corrected chi connectivity index (χ1v) is 8.48. The molecule has 1 nitrogen and oxygen atoms in total. The monoisotopic (exact) mass is 314 g/mol. The van der Waals surface area contributed by atoms with Gasteiger partial charge in [-0.3, -0.25) is 0 Å². The summed E-state index contributed by atoms with van der Waals surface area (Å²) in [7, 11) is 0. The Bertz CT molecular complexity index is 651. The van der Waals surface area contributed by atoms with Gasteiger partial charge in [-0.05, 0) is 29.5 Å². The number of carbonyl (C=O) groups excluding carboxylic acids is 1. The molecule has 0 aliphatic carbocycles. The van der Waals surface area contributed by atoms with E-state index in [2.05, 4.69) is 91.0 Å². The minimum absolute atomic E-state index is 0.229. The molecule has 0 aromatic heterocycles. The number of benzene rings is 3. The van der Waals surface area contributed by atoms with Gasteiger partial charge in [0, 0.05) is 11.8 Å². The van der Waals surface area contributed by atoms with Gasteiger partial charge in [0.05, 0.1) is 0 Å². The maximum absolute atomic E-state index is 10.9. The summed E-state index contributed by atoms with van der Waals surface area (Å²) < 4.78 is 0. The summed E-state index contributed by atoms with van der Waals surface area (Å²) in [6.07, 6.45) is 3.38. The van der Waals surface area contributed by atoms with Crippen LogP contribution in [0.5, 0.6) is 0 Å². The van der Waals surface area contributed by atoms with Crippen molar-refractivity contribution in [3.05, 3.63) is 108 Å². The zero-order valence-electron chi connectivity index (χ0n) is 13.8. The molecule has 0 heterocycles. The first kappa shape index (κ1) is 16.2. The summed E-state index contributed by atoms with van der Waals surface area (Å²) in [6.45, 7) is 0. The lowest BCUT2D eigenvalue weighted by molar-refractivity contribution is -0.107. The molecule has 0 N–H and O–H groups in total. The minimum Gasteiger partial charge on any atom is -0.303 e. The summed E-state index contributed by atoms with van der Waals surface area (Å²) in [5.41, 5.74) is 3.59. The van der Waals surface area contributed by atoms with Gasteiger partial charge >= 0.3 is 0 Å². The van der Waals surface area contributed by atoms with Crippen molar-refractivity contribution in [2.45, 2.75) is 24.7 Å². The van der Waals surface area contributed by atoms with Gasteiger partial charge in [0.1, 0.15) is 6.29 Å². The third-order valence-electron chi connectivity index (χ3n) is 4.67. The van der Waals surface area contributed by atoms with Crippen molar-refractivity contribution < 1.29 is 4.79 Å². The van der Waals surface area contributed by atoms with E-state index >= 15 is 0 Å². The molecule has 0 aliphatic rings. The Morgan fingerprint density at radius 2 is 1.00 bits per heavy atom. The zero-order valence-corrected chi connectivity index (χ0v) is 13.8. The molecule has 0 fully saturated rings. The van der Waals surface area contributed by atoms with E-state index in [1.807, 2.05) is 0 Å². The molecule has 0 bridgehead atoms. The van der Waals surface area contributed by atoms with E-state index in [-0.39, 0.29) is 5.41 Å². The van der Waals surface area contributed by atoms with Crippen LogP contribution >= 0.6 is 0 Å². The summed E-state index contributed by atoms with van der Waals surface area (Å²) in [6, 6.07) is 31.9. The maximum Gasteiger partial charge on any atom is 0.119 e. The average Bonchev–Trinajstić information content (AvgIpc) is 2.68. The lowest BCUT2D eigenvalue weighted by Crippen LogP contribution is -2.29. The summed E-state index contributed by atoms with van der Waals surface area (Å²) in [5, 5.41) is 0. The van der Waals surface area contributed by atoms with Gasteiger partial charge in [0.15, 0.2) is 0 Å². The van der Waals surface area contributed by atoms with Crippen LogP contribution in [0.1, 0.15) is 36.0 Å². The predicted molar refractivity (Wildman–Crippen MR) is 99.1 cm³/mol. The van der Waals surface area contributed by atoms with Gasteiger partial charge in [-0.1, -0.05) is 91.0 Å². The van der Waals surface area contributed by atoms with Crippen molar-refractivity contribution in [3.63, 3.8) is 0 Å². The van der Waals surface area contributed by atoms with E-state index in [1.54, 1.807) is 0 Å². The summed E-state index contributed by atoms with van der Waals surface area (Å²) >= 11 is 0. The minimum atomic E-state index is -0.229. The number of unbranched alkanes of at least 4 members (excludes halogenated alkanes) is 1. The molecule has 0 aliphatic heterocycles. The smallest absolute Gasteiger partial charge is 0.119 e. The highest BCUT2D eigenvalue weighted by atomic mass is 16.1. The molecule has 0 unspecified atom stereocenters. The molecule has 0 saturated heterocycles. The van der Waals surface area contributed by atoms with Crippen LogP contribution in [0.3, 0.4) is 0 Å². The normalized spacial score (nSPS) is 11.2. The second-order valence-electron chi connectivity index (χ2n) is 6.06. The Hall–Kier alpha value is -2.67. The number of aldehydes is 1. The molecule has 24 heavy (non-hydrogen) atoms. The average molecular weight is 314 g/mol. The van der Waals surface area contributed by atoms with E-state index in [4.69, 9.17) is 0 Å². The van der Waals surface area contributed by atoms with Gasteiger partial charge in [0.25, 0.3) is 0 Å². The predicted octanol–water partition coefficient (Wildman–Crippen LogP) is 5.39. The Labute approximate surface area is 144 Å². The van der Waals surface area contributed by atoms with Crippen LogP contribution in [0.25, 0.3) is 0 Å².